The van der Waals surface area contributed by atoms with Crippen molar-refractivity contribution in [3.8, 4) is 0 Å². The van der Waals surface area contributed by atoms with Crippen molar-refractivity contribution in [3.63, 3.8) is 0 Å². The lowest BCUT2D eigenvalue weighted by molar-refractivity contribution is -0.157. The molecule has 0 saturated heterocycles. The first-order valence-electron chi connectivity index (χ1n) is 7.80. The van der Waals surface area contributed by atoms with Gasteiger partial charge in [-0.1, -0.05) is 26.1 Å². The molecule has 122 valence electrons. The first-order valence-corrected chi connectivity index (χ1v) is 8.61. The highest BCUT2D eigenvalue weighted by molar-refractivity contribution is 7.72. The van der Waals surface area contributed by atoms with Crippen LogP contribution in [-0.2, 0) is 16.1 Å². The maximum atomic E-state index is 12.4. The van der Waals surface area contributed by atoms with Crippen molar-refractivity contribution in [2.45, 2.75) is 46.6 Å². The van der Waals surface area contributed by atoms with Gasteiger partial charge in [-0.15, -0.1) is 0 Å². The van der Waals surface area contributed by atoms with Crippen LogP contribution in [0.3, 0.4) is 0 Å². The molecule has 1 heterocycles. The number of nitrogens with zero attached hydrogens (tertiary/aromatic N) is 1. The molecule has 0 bridgehead atoms. The Balaban J connectivity index is 1.83. The number of aromatic amines is 1. The standard InChI is InChI=1S/C16H24N2O2S2/c1-11-9-12(2)16(3,10-11)14(19)20-8-4-6-18-7-5-13(21)17-15(18)22/h5,7,11-12H,4,6,8-10H2,1-3H3,(H,17,21,22). The first kappa shape index (κ1) is 17.3. The molecular formula is C16H24N2O2S2. The minimum absolute atomic E-state index is 0.0552. The van der Waals surface area contributed by atoms with Gasteiger partial charge in [-0.25, -0.2) is 0 Å². The molecule has 3 atom stereocenters. The highest BCUT2D eigenvalue weighted by Gasteiger charge is 2.46. The van der Waals surface area contributed by atoms with Crippen molar-refractivity contribution in [1.82, 2.24) is 9.55 Å². The zero-order valence-corrected chi connectivity index (χ0v) is 15.1. The molecule has 0 aliphatic heterocycles. The summed E-state index contributed by atoms with van der Waals surface area (Å²) in [5.74, 6) is 0.927. The Morgan fingerprint density at radius 1 is 1.50 bits per heavy atom. The fraction of sp³-hybridized carbons (Fsp3) is 0.688. The number of rotatable bonds is 5. The topological polar surface area (TPSA) is 47.0 Å². The summed E-state index contributed by atoms with van der Waals surface area (Å²) >= 11 is 10.2. The molecule has 2 rings (SSSR count). The number of esters is 1. The Labute approximate surface area is 141 Å². The molecule has 0 spiro atoms. The number of nitrogens with one attached hydrogen (secondary N) is 1. The first-order chi connectivity index (χ1) is 10.3. The summed E-state index contributed by atoms with van der Waals surface area (Å²) in [7, 11) is 0. The zero-order chi connectivity index (χ0) is 16.3. The van der Waals surface area contributed by atoms with E-state index in [0.717, 1.165) is 19.3 Å². The fourth-order valence-electron chi connectivity index (χ4n) is 3.34. The number of H-pyrrole nitrogens is 1. The van der Waals surface area contributed by atoms with Crippen LogP contribution in [0.4, 0.5) is 0 Å². The Bertz CT molecular complexity index is 652. The van der Waals surface area contributed by atoms with E-state index in [1.807, 2.05) is 17.7 Å². The van der Waals surface area contributed by atoms with Crippen LogP contribution in [0.5, 0.6) is 0 Å². The molecule has 1 fully saturated rings. The van der Waals surface area contributed by atoms with E-state index in [0.29, 0.717) is 34.4 Å². The Morgan fingerprint density at radius 3 is 2.82 bits per heavy atom. The van der Waals surface area contributed by atoms with Crippen molar-refractivity contribution in [2.24, 2.45) is 17.3 Å². The number of carbonyl (C=O) groups is 1. The van der Waals surface area contributed by atoms with Crippen LogP contribution in [0.2, 0.25) is 0 Å². The Kier molecular flexibility index (Phi) is 5.55. The minimum atomic E-state index is -0.326. The van der Waals surface area contributed by atoms with Crippen LogP contribution in [0, 0.1) is 26.7 Å². The quantitative estimate of drug-likeness (QED) is 0.494. The summed E-state index contributed by atoms with van der Waals surface area (Å²) in [6, 6.07) is 1.81. The van der Waals surface area contributed by atoms with Gasteiger partial charge in [-0.3, -0.25) is 4.79 Å². The molecule has 0 radical (unpaired) electrons. The number of hydrogen-bond donors (Lipinski definition) is 1. The van der Waals surface area contributed by atoms with E-state index in [1.54, 1.807) is 6.07 Å². The van der Waals surface area contributed by atoms with Crippen LogP contribution >= 0.6 is 24.4 Å². The molecule has 0 amide bonds. The van der Waals surface area contributed by atoms with Crippen LogP contribution in [0.15, 0.2) is 12.3 Å². The maximum absolute atomic E-state index is 12.4. The molecule has 1 saturated carbocycles. The number of ether oxygens (including phenoxy) is 1. The van der Waals surface area contributed by atoms with Crippen molar-refractivity contribution in [3.05, 3.63) is 21.7 Å². The molecule has 1 aromatic heterocycles. The molecule has 1 aliphatic rings. The molecule has 22 heavy (non-hydrogen) atoms. The van der Waals surface area contributed by atoms with Crippen LogP contribution in [0.25, 0.3) is 0 Å². The van der Waals surface area contributed by atoms with Gasteiger partial charge >= 0.3 is 5.97 Å². The highest BCUT2D eigenvalue weighted by atomic mass is 32.1. The smallest absolute Gasteiger partial charge is 0.312 e. The third kappa shape index (κ3) is 3.84. The summed E-state index contributed by atoms with van der Waals surface area (Å²) in [6.07, 6.45) is 4.63. The van der Waals surface area contributed by atoms with Crippen molar-refractivity contribution >= 4 is 30.4 Å². The van der Waals surface area contributed by atoms with Gasteiger partial charge < -0.3 is 14.3 Å². The van der Waals surface area contributed by atoms with Crippen LogP contribution in [-0.4, -0.2) is 22.1 Å². The van der Waals surface area contributed by atoms with E-state index in [4.69, 9.17) is 29.2 Å². The molecular weight excluding hydrogens is 316 g/mol. The van der Waals surface area contributed by atoms with E-state index < -0.39 is 0 Å². The lowest BCUT2D eigenvalue weighted by Crippen LogP contribution is -2.32. The maximum Gasteiger partial charge on any atom is 0.312 e. The normalized spacial score (nSPS) is 27.8. The molecule has 1 aliphatic carbocycles. The second-order valence-corrected chi connectivity index (χ2v) is 7.48. The second kappa shape index (κ2) is 7.04. The van der Waals surface area contributed by atoms with E-state index in [9.17, 15) is 4.79 Å². The van der Waals surface area contributed by atoms with Gasteiger partial charge in [0.15, 0.2) is 4.77 Å². The third-order valence-electron chi connectivity index (χ3n) is 4.76. The summed E-state index contributed by atoms with van der Waals surface area (Å²) < 4.78 is 8.65. The number of hydrogen-bond acceptors (Lipinski definition) is 4. The van der Waals surface area contributed by atoms with E-state index >= 15 is 0 Å². The molecule has 6 heteroatoms. The number of aryl methyl sites for hydroxylation is 1. The molecule has 1 N–H and O–H groups in total. The fourth-order valence-corrected chi connectivity index (χ4v) is 3.83. The average molecular weight is 341 g/mol. The van der Waals surface area contributed by atoms with Gasteiger partial charge in [-0.05, 0) is 56.3 Å². The summed E-state index contributed by atoms with van der Waals surface area (Å²) in [4.78, 5) is 15.3. The summed E-state index contributed by atoms with van der Waals surface area (Å²) in [5, 5.41) is 0. The lowest BCUT2D eigenvalue weighted by Gasteiger charge is -2.26. The second-order valence-electron chi connectivity index (χ2n) is 6.66. The van der Waals surface area contributed by atoms with Gasteiger partial charge in [0.05, 0.1) is 12.0 Å². The highest BCUT2D eigenvalue weighted by Crippen LogP contribution is 2.46. The molecule has 4 nitrogen and oxygen atoms in total. The lowest BCUT2D eigenvalue weighted by atomic mass is 9.81. The minimum Gasteiger partial charge on any atom is -0.465 e. The zero-order valence-electron chi connectivity index (χ0n) is 13.4. The van der Waals surface area contributed by atoms with Gasteiger partial charge in [-0.2, -0.15) is 0 Å². The van der Waals surface area contributed by atoms with Gasteiger partial charge in [0.1, 0.15) is 4.64 Å². The monoisotopic (exact) mass is 340 g/mol. The van der Waals surface area contributed by atoms with Crippen molar-refractivity contribution in [2.75, 3.05) is 6.61 Å². The third-order valence-corrected chi connectivity index (χ3v) is 5.33. The van der Waals surface area contributed by atoms with Gasteiger partial charge in [0.25, 0.3) is 0 Å². The predicted octanol–water partition coefficient (Wildman–Crippen LogP) is 4.28. The van der Waals surface area contributed by atoms with Crippen LogP contribution < -0.4 is 0 Å². The predicted molar refractivity (Wildman–Crippen MR) is 91.7 cm³/mol. The van der Waals surface area contributed by atoms with Crippen molar-refractivity contribution in [1.29, 1.82) is 0 Å². The van der Waals surface area contributed by atoms with Crippen molar-refractivity contribution < 1.29 is 9.53 Å². The molecule has 3 unspecified atom stereocenters. The number of carbonyl (C=O) groups excluding carboxylic acids is 1. The Morgan fingerprint density at radius 2 is 2.23 bits per heavy atom. The number of aromatic nitrogens is 2. The molecule has 0 aromatic carbocycles. The van der Waals surface area contributed by atoms with E-state index in [1.165, 1.54) is 0 Å². The summed E-state index contributed by atoms with van der Waals surface area (Å²) in [5.41, 5.74) is -0.326. The van der Waals surface area contributed by atoms with Crippen LogP contribution in [0.1, 0.15) is 40.0 Å². The van der Waals surface area contributed by atoms with E-state index in [-0.39, 0.29) is 11.4 Å². The average Bonchev–Trinajstić information content (AvgIpc) is 2.70. The Hall–Kier alpha value is -1.01. The molecule has 1 aromatic rings. The summed E-state index contributed by atoms with van der Waals surface area (Å²) in [6.45, 7) is 7.52. The van der Waals surface area contributed by atoms with Gasteiger partial charge in [0, 0.05) is 12.7 Å². The SMILES string of the molecule is CC1CC(C)C(C)(C(=O)OCCCn2ccc(=S)[nH]c2=S)C1. The van der Waals surface area contributed by atoms with Gasteiger partial charge in [0.2, 0.25) is 0 Å². The largest absolute Gasteiger partial charge is 0.465 e. The van der Waals surface area contributed by atoms with E-state index in [2.05, 4.69) is 18.8 Å².